The molecule has 4 unspecified atom stereocenters. The standard InChI is InChI=1S/C14H17NO5/c16-7-12-14(18)10(17)5-13(20-12)19-11-6-15-9-4-2-1-3-8(9)11/h1-4,6,10,12-18H,5,7H2. The van der Waals surface area contributed by atoms with Crippen LogP contribution in [0.4, 0.5) is 0 Å². The number of benzene rings is 1. The molecule has 20 heavy (non-hydrogen) atoms. The summed E-state index contributed by atoms with van der Waals surface area (Å²) in [6.07, 6.45) is -1.74. The van der Waals surface area contributed by atoms with Crippen molar-refractivity contribution in [1.29, 1.82) is 0 Å². The molecule has 1 saturated heterocycles. The van der Waals surface area contributed by atoms with Crippen molar-refractivity contribution in [3.8, 4) is 5.75 Å². The van der Waals surface area contributed by atoms with E-state index < -0.39 is 24.6 Å². The van der Waals surface area contributed by atoms with Crippen molar-refractivity contribution in [2.24, 2.45) is 0 Å². The van der Waals surface area contributed by atoms with Gasteiger partial charge in [-0.05, 0) is 12.1 Å². The first-order chi connectivity index (χ1) is 9.69. The maximum Gasteiger partial charge on any atom is 0.203 e. The molecule has 6 heteroatoms. The van der Waals surface area contributed by atoms with E-state index in [-0.39, 0.29) is 13.0 Å². The molecule has 1 aliphatic heterocycles. The largest absolute Gasteiger partial charge is 0.463 e. The third-order valence-electron chi connectivity index (χ3n) is 3.53. The molecule has 2 heterocycles. The van der Waals surface area contributed by atoms with Gasteiger partial charge in [0.25, 0.3) is 0 Å². The van der Waals surface area contributed by atoms with E-state index in [2.05, 4.69) is 4.98 Å². The Morgan fingerprint density at radius 3 is 2.90 bits per heavy atom. The normalized spacial score (nSPS) is 30.6. The quantitative estimate of drug-likeness (QED) is 0.651. The fraction of sp³-hybridized carbons (Fsp3) is 0.429. The summed E-state index contributed by atoms with van der Waals surface area (Å²) in [4.78, 5) is 3.08. The fourth-order valence-electron chi connectivity index (χ4n) is 2.43. The summed E-state index contributed by atoms with van der Waals surface area (Å²) < 4.78 is 11.2. The summed E-state index contributed by atoms with van der Waals surface area (Å²) in [5.41, 5.74) is 0.942. The lowest BCUT2D eigenvalue weighted by molar-refractivity contribution is -0.229. The number of rotatable bonds is 3. The van der Waals surface area contributed by atoms with Gasteiger partial charge in [-0.3, -0.25) is 0 Å². The second kappa shape index (κ2) is 5.41. The molecule has 0 radical (unpaired) electrons. The van der Waals surface area contributed by atoms with Crippen LogP contribution in [0.3, 0.4) is 0 Å². The molecule has 0 spiro atoms. The van der Waals surface area contributed by atoms with Gasteiger partial charge < -0.3 is 29.8 Å². The van der Waals surface area contributed by atoms with Gasteiger partial charge in [0.15, 0.2) is 0 Å². The topological polar surface area (TPSA) is 94.9 Å². The highest BCUT2D eigenvalue weighted by molar-refractivity contribution is 5.85. The molecule has 3 rings (SSSR count). The number of aromatic amines is 1. The molecule has 2 aromatic rings. The maximum atomic E-state index is 9.76. The molecular formula is C14H17NO5. The van der Waals surface area contributed by atoms with Gasteiger partial charge in [-0.2, -0.15) is 0 Å². The number of fused-ring (bicyclic) bond motifs is 1. The monoisotopic (exact) mass is 279 g/mol. The average Bonchev–Trinajstić information content (AvgIpc) is 2.86. The number of ether oxygens (including phenoxy) is 2. The molecular weight excluding hydrogens is 262 g/mol. The molecule has 6 nitrogen and oxygen atoms in total. The van der Waals surface area contributed by atoms with E-state index in [9.17, 15) is 10.2 Å². The van der Waals surface area contributed by atoms with Crippen molar-refractivity contribution in [2.75, 3.05) is 6.61 Å². The van der Waals surface area contributed by atoms with E-state index in [1.54, 1.807) is 6.20 Å². The number of hydrogen-bond acceptors (Lipinski definition) is 5. The highest BCUT2D eigenvalue weighted by Gasteiger charge is 2.37. The first kappa shape index (κ1) is 13.4. The van der Waals surface area contributed by atoms with Crippen molar-refractivity contribution in [3.05, 3.63) is 30.5 Å². The van der Waals surface area contributed by atoms with Crippen LogP contribution in [0.1, 0.15) is 6.42 Å². The Kier molecular flexibility index (Phi) is 3.62. The second-order valence-electron chi connectivity index (χ2n) is 4.90. The fourth-order valence-corrected chi connectivity index (χ4v) is 2.43. The van der Waals surface area contributed by atoms with Crippen molar-refractivity contribution < 1.29 is 24.8 Å². The van der Waals surface area contributed by atoms with Crippen LogP contribution >= 0.6 is 0 Å². The highest BCUT2D eigenvalue weighted by Crippen LogP contribution is 2.29. The third-order valence-corrected chi connectivity index (χ3v) is 3.53. The molecule has 0 bridgehead atoms. The maximum absolute atomic E-state index is 9.76. The summed E-state index contributed by atoms with van der Waals surface area (Å²) in [5.74, 6) is 0.617. The number of nitrogens with one attached hydrogen (secondary N) is 1. The Morgan fingerprint density at radius 2 is 2.10 bits per heavy atom. The van der Waals surface area contributed by atoms with Crippen molar-refractivity contribution in [2.45, 2.75) is 31.0 Å². The number of aliphatic hydroxyl groups excluding tert-OH is 3. The lowest BCUT2D eigenvalue weighted by Crippen LogP contribution is -2.51. The predicted octanol–water partition coefficient (Wildman–Crippen LogP) is 0.376. The van der Waals surface area contributed by atoms with Crippen LogP contribution in [0.2, 0.25) is 0 Å². The van der Waals surface area contributed by atoms with E-state index in [4.69, 9.17) is 14.6 Å². The molecule has 1 aromatic heterocycles. The smallest absolute Gasteiger partial charge is 0.203 e. The molecule has 1 aliphatic rings. The van der Waals surface area contributed by atoms with Crippen LogP contribution in [0.15, 0.2) is 30.5 Å². The van der Waals surface area contributed by atoms with Gasteiger partial charge in [-0.1, -0.05) is 12.1 Å². The van der Waals surface area contributed by atoms with Gasteiger partial charge in [-0.25, -0.2) is 0 Å². The van der Waals surface area contributed by atoms with Crippen LogP contribution in [0.25, 0.3) is 10.9 Å². The van der Waals surface area contributed by atoms with Gasteiger partial charge in [0.05, 0.1) is 12.7 Å². The molecule has 4 atom stereocenters. The first-order valence-corrected chi connectivity index (χ1v) is 6.54. The van der Waals surface area contributed by atoms with Gasteiger partial charge >= 0.3 is 0 Å². The third kappa shape index (κ3) is 2.38. The van der Waals surface area contributed by atoms with Crippen LogP contribution in [-0.2, 0) is 4.74 Å². The van der Waals surface area contributed by atoms with E-state index in [1.807, 2.05) is 24.3 Å². The van der Waals surface area contributed by atoms with Crippen LogP contribution in [-0.4, -0.2) is 51.5 Å². The number of para-hydroxylation sites is 1. The Morgan fingerprint density at radius 1 is 1.30 bits per heavy atom. The molecule has 0 amide bonds. The first-order valence-electron chi connectivity index (χ1n) is 6.54. The van der Waals surface area contributed by atoms with Crippen molar-refractivity contribution in [1.82, 2.24) is 4.98 Å². The van der Waals surface area contributed by atoms with E-state index in [0.29, 0.717) is 5.75 Å². The van der Waals surface area contributed by atoms with Gasteiger partial charge in [0, 0.05) is 23.5 Å². The van der Waals surface area contributed by atoms with Gasteiger partial charge in [0.2, 0.25) is 6.29 Å². The number of H-pyrrole nitrogens is 1. The summed E-state index contributed by atoms with van der Waals surface area (Å²) in [6.45, 7) is -0.369. The Hall–Kier alpha value is -1.60. The minimum absolute atomic E-state index is 0.150. The molecule has 1 aromatic carbocycles. The molecule has 108 valence electrons. The van der Waals surface area contributed by atoms with Crippen LogP contribution in [0.5, 0.6) is 5.75 Å². The Labute approximate surface area is 115 Å². The number of aromatic nitrogens is 1. The van der Waals surface area contributed by atoms with E-state index in [0.717, 1.165) is 10.9 Å². The SMILES string of the molecule is OCC1OC(Oc2c[nH]c3ccccc23)CC(O)C1O. The number of hydrogen-bond donors (Lipinski definition) is 4. The van der Waals surface area contributed by atoms with Gasteiger partial charge in [-0.15, -0.1) is 0 Å². The van der Waals surface area contributed by atoms with Crippen molar-refractivity contribution >= 4 is 10.9 Å². The summed E-state index contributed by atoms with van der Waals surface area (Å²) in [7, 11) is 0. The van der Waals surface area contributed by atoms with Gasteiger partial charge in [0.1, 0.15) is 18.0 Å². The summed E-state index contributed by atoms with van der Waals surface area (Å²) in [6, 6.07) is 7.67. The van der Waals surface area contributed by atoms with Crippen molar-refractivity contribution in [3.63, 3.8) is 0 Å². The lowest BCUT2D eigenvalue weighted by Gasteiger charge is -2.35. The molecule has 0 saturated carbocycles. The minimum atomic E-state index is -1.09. The summed E-state index contributed by atoms with van der Waals surface area (Å²) >= 11 is 0. The minimum Gasteiger partial charge on any atom is -0.463 e. The van der Waals surface area contributed by atoms with Crippen LogP contribution < -0.4 is 4.74 Å². The molecule has 4 N–H and O–H groups in total. The lowest BCUT2D eigenvalue weighted by atomic mass is 10.0. The highest BCUT2D eigenvalue weighted by atomic mass is 16.7. The zero-order valence-corrected chi connectivity index (χ0v) is 10.8. The zero-order chi connectivity index (χ0) is 14.1. The second-order valence-corrected chi connectivity index (χ2v) is 4.90. The van der Waals surface area contributed by atoms with Crippen LogP contribution in [0, 0.1) is 0 Å². The Bertz CT molecular complexity index is 584. The van der Waals surface area contributed by atoms with E-state index in [1.165, 1.54) is 0 Å². The zero-order valence-electron chi connectivity index (χ0n) is 10.8. The Balaban J connectivity index is 1.77. The average molecular weight is 279 g/mol. The molecule has 0 aliphatic carbocycles. The predicted molar refractivity (Wildman–Crippen MR) is 71.3 cm³/mol. The number of aliphatic hydroxyl groups is 3. The summed E-state index contributed by atoms with van der Waals surface area (Å²) in [5, 5.41) is 29.5. The molecule has 1 fully saturated rings. The van der Waals surface area contributed by atoms with E-state index >= 15 is 0 Å².